The van der Waals surface area contributed by atoms with E-state index in [1.165, 1.54) is 65.9 Å². The van der Waals surface area contributed by atoms with Crippen molar-refractivity contribution in [2.45, 2.75) is 47.1 Å². The smallest absolute Gasteiger partial charge is 0.205 e. The maximum absolute atomic E-state index is 3.45. The molecule has 3 rings (SSSR count). The Morgan fingerprint density at radius 1 is 0.571 bits per heavy atom. The zero-order chi connectivity index (χ0) is 40.5. The number of benzene rings is 2. The molecular weight excluding hydrogens is 725 g/mol. The van der Waals surface area contributed by atoms with E-state index in [1.807, 2.05) is 21.6 Å². The highest BCUT2D eigenvalue weighted by Crippen LogP contribution is 2.23. The van der Waals surface area contributed by atoms with E-state index >= 15 is 0 Å². The molecule has 1 aromatic heterocycles. The summed E-state index contributed by atoms with van der Waals surface area (Å²) in [6, 6.07) is 24.2. The van der Waals surface area contributed by atoms with Gasteiger partial charge in [0.25, 0.3) is 0 Å². The first kappa shape index (κ1) is 46.8. The van der Waals surface area contributed by atoms with Crippen LogP contribution in [0.1, 0.15) is 57.4 Å². The van der Waals surface area contributed by atoms with Crippen molar-refractivity contribution in [3.05, 3.63) is 120 Å². The molecular formula is C48H74N6S2+4. The van der Waals surface area contributed by atoms with Crippen LogP contribution in [0.15, 0.2) is 103 Å². The van der Waals surface area contributed by atoms with Crippen LogP contribution in [0.4, 0.5) is 11.4 Å². The lowest BCUT2D eigenvalue weighted by molar-refractivity contribution is -0.890. The molecule has 56 heavy (non-hydrogen) atoms. The number of aromatic nitrogens is 1. The number of hydrogen-bond acceptors (Lipinski definition) is 4. The molecule has 1 heterocycles. The molecule has 0 spiro atoms. The molecule has 0 fully saturated rings. The van der Waals surface area contributed by atoms with Crippen LogP contribution in [0, 0.1) is 0 Å². The van der Waals surface area contributed by atoms with Crippen molar-refractivity contribution >= 4 is 57.4 Å². The molecule has 0 saturated heterocycles. The van der Waals surface area contributed by atoms with Crippen LogP contribution >= 0.6 is 21.6 Å². The lowest BCUT2D eigenvalue weighted by Gasteiger charge is -2.30. The van der Waals surface area contributed by atoms with Gasteiger partial charge in [0.15, 0.2) is 19.0 Å². The van der Waals surface area contributed by atoms with E-state index in [0.717, 1.165) is 61.1 Å². The molecule has 2 aromatic carbocycles. The summed E-state index contributed by atoms with van der Waals surface area (Å²) in [6.07, 6.45) is 23.6. The number of nitrogens with one attached hydrogen (secondary N) is 1. The van der Waals surface area contributed by atoms with Crippen molar-refractivity contribution in [3.63, 3.8) is 0 Å². The number of aryl methyl sites for hydroxylation is 1. The third-order valence-corrected chi connectivity index (χ3v) is 12.7. The number of nitrogens with zero attached hydrogens (tertiary/aromatic N) is 5. The van der Waals surface area contributed by atoms with Crippen molar-refractivity contribution in [3.8, 4) is 0 Å². The van der Waals surface area contributed by atoms with Crippen molar-refractivity contribution < 1.29 is 18.5 Å². The van der Waals surface area contributed by atoms with Gasteiger partial charge >= 0.3 is 0 Å². The predicted octanol–water partition coefficient (Wildman–Crippen LogP) is 8.13. The quantitative estimate of drug-likeness (QED) is 0.0211. The van der Waals surface area contributed by atoms with Crippen molar-refractivity contribution in [2.24, 2.45) is 0 Å². The van der Waals surface area contributed by atoms with Crippen LogP contribution < -0.4 is 19.4 Å². The molecule has 0 atom stereocenters. The molecule has 0 aliphatic rings. The highest BCUT2D eigenvalue weighted by molar-refractivity contribution is 8.76. The number of hydrogen-bond donors (Lipinski definition) is 1. The standard InChI is InChI=1S/C48H73N6S2/c1-9-50(10-2)47-30-24-44(25-31-47)22-16-14-13-15-18-34-49-35-20-38-53(5,6)40-42-55-56-43-41-54(7,8)39-21-37-52-36-19-17-23-46(52)29-26-45-27-32-48(33-28-45)51(11-3)12-4/h13-19,22-34,36H,9-12,20-21,35,37-43H2,1-8H3/q+3/p+1/b14-13+,18-15-,22-16+,49-34?. The van der Waals surface area contributed by atoms with E-state index in [2.05, 4.69) is 203 Å². The Kier molecular flexibility index (Phi) is 22.1. The van der Waals surface area contributed by atoms with Crippen LogP contribution in [-0.2, 0) is 6.54 Å². The van der Waals surface area contributed by atoms with Crippen LogP contribution in [-0.4, -0.2) is 114 Å². The summed E-state index contributed by atoms with van der Waals surface area (Å²) in [7, 11) is 13.6. The Morgan fingerprint density at radius 3 is 1.66 bits per heavy atom. The van der Waals surface area contributed by atoms with Gasteiger partial charge in [0.05, 0.1) is 78.7 Å². The Bertz CT molecular complexity index is 1650. The molecule has 3 aromatic rings. The predicted molar refractivity (Wildman–Crippen MR) is 253 cm³/mol. The molecule has 6 nitrogen and oxygen atoms in total. The summed E-state index contributed by atoms with van der Waals surface area (Å²) in [4.78, 5) is 8.19. The van der Waals surface area contributed by atoms with E-state index in [4.69, 9.17) is 0 Å². The van der Waals surface area contributed by atoms with Crippen molar-refractivity contribution in [1.82, 2.24) is 0 Å². The topological polar surface area (TPSA) is 24.3 Å². The van der Waals surface area contributed by atoms with Gasteiger partial charge in [0, 0.05) is 61.8 Å². The van der Waals surface area contributed by atoms with E-state index in [0.29, 0.717) is 0 Å². The highest BCUT2D eigenvalue weighted by atomic mass is 33.1. The maximum Gasteiger partial charge on any atom is 0.205 e. The molecule has 0 radical (unpaired) electrons. The van der Waals surface area contributed by atoms with Gasteiger partial charge in [-0.15, -0.1) is 0 Å². The van der Waals surface area contributed by atoms with Crippen molar-refractivity contribution in [2.75, 3.05) is 108 Å². The summed E-state index contributed by atoms with van der Waals surface area (Å²) < 4.78 is 4.52. The minimum Gasteiger partial charge on any atom is -0.372 e. The number of pyridine rings is 1. The van der Waals surface area contributed by atoms with E-state index in [-0.39, 0.29) is 0 Å². The zero-order valence-electron chi connectivity index (χ0n) is 36.1. The van der Waals surface area contributed by atoms with E-state index in [9.17, 15) is 0 Å². The van der Waals surface area contributed by atoms with Crippen LogP contribution in [0.5, 0.6) is 0 Å². The maximum atomic E-state index is 3.45. The summed E-state index contributed by atoms with van der Waals surface area (Å²) in [5, 5.41) is 0. The average Bonchev–Trinajstić information content (AvgIpc) is 3.19. The first-order chi connectivity index (χ1) is 27.1. The van der Waals surface area contributed by atoms with Crippen LogP contribution in [0.25, 0.3) is 18.2 Å². The van der Waals surface area contributed by atoms with Gasteiger partial charge in [-0.1, -0.05) is 76.2 Å². The molecule has 0 aliphatic heterocycles. The lowest BCUT2D eigenvalue weighted by Crippen LogP contribution is -2.69. The third-order valence-electron chi connectivity index (χ3n) is 10.3. The van der Waals surface area contributed by atoms with Crippen molar-refractivity contribution in [1.29, 1.82) is 0 Å². The first-order valence-corrected chi connectivity index (χ1v) is 23.4. The zero-order valence-corrected chi connectivity index (χ0v) is 37.7. The molecule has 0 saturated carbocycles. The van der Waals surface area contributed by atoms with Gasteiger partial charge in [-0.05, 0) is 75.2 Å². The molecule has 0 amide bonds. The number of anilines is 2. The summed E-state index contributed by atoms with van der Waals surface area (Å²) in [6.45, 7) is 19.7. The second-order valence-corrected chi connectivity index (χ2v) is 18.2. The Labute approximate surface area is 350 Å². The Hall–Kier alpha value is -3.56. The molecule has 1 N–H and O–H groups in total. The van der Waals surface area contributed by atoms with Gasteiger partial charge < -0.3 is 18.8 Å². The number of rotatable bonds is 27. The van der Waals surface area contributed by atoms with E-state index in [1.54, 1.807) is 0 Å². The molecule has 0 aliphatic carbocycles. The fourth-order valence-corrected chi connectivity index (χ4v) is 9.08. The summed E-state index contributed by atoms with van der Waals surface area (Å²) in [5.41, 5.74) is 6.28. The van der Waals surface area contributed by atoms with Gasteiger partial charge in [0.1, 0.15) is 6.54 Å². The first-order valence-electron chi connectivity index (χ1n) is 20.9. The molecule has 8 heteroatoms. The van der Waals surface area contributed by atoms with Gasteiger partial charge in [-0.25, -0.2) is 4.99 Å². The average molecular weight is 799 g/mol. The number of allylic oxidation sites excluding steroid dienone is 5. The monoisotopic (exact) mass is 799 g/mol. The second-order valence-electron chi connectivity index (χ2n) is 15.5. The number of quaternary nitrogens is 2. The van der Waals surface area contributed by atoms with Crippen LogP contribution in [0.3, 0.4) is 0 Å². The fourth-order valence-electron chi connectivity index (χ4n) is 6.55. The normalized spacial score (nSPS) is 12.7. The SMILES string of the molecule is CCN(CC)c1ccc(/C=C/C=C/C=C\C=[NH+]CCC[N+](C)(C)CCSSCC[N+](C)(C)CCC[n+]2ccccc2/C=C/c2ccc(N(CC)CC)cc2)cc1. The summed E-state index contributed by atoms with van der Waals surface area (Å²) in [5.74, 6) is 2.38. The van der Waals surface area contributed by atoms with Gasteiger partial charge in [0.2, 0.25) is 5.69 Å². The van der Waals surface area contributed by atoms with Crippen LogP contribution in [0.2, 0.25) is 0 Å². The second kappa shape index (κ2) is 26.4. The Morgan fingerprint density at radius 2 is 1.09 bits per heavy atom. The minimum absolute atomic E-state index is 1.00. The molecule has 304 valence electrons. The lowest BCUT2D eigenvalue weighted by atomic mass is 10.1. The van der Waals surface area contributed by atoms with Gasteiger partial charge in [-0.2, -0.15) is 4.57 Å². The molecule has 0 unspecified atom stereocenters. The fraction of sp³-hybridized carbons (Fsp3) is 0.458. The largest absolute Gasteiger partial charge is 0.372 e. The third kappa shape index (κ3) is 18.6. The highest BCUT2D eigenvalue weighted by Gasteiger charge is 2.18. The minimum atomic E-state index is 1.00. The Balaban J connectivity index is 1.25. The van der Waals surface area contributed by atoms with E-state index < -0.39 is 0 Å². The summed E-state index contributed by atoms with van der Waals surface area (Å²) >= 11 is 0. The molecule has 0 bridgehead atoms. The van der Waals surface area contributed by atoms with Gasteiger partial charge in [-0.3, -0.25) is 0 Å².